The number of hydrazine groups is 1. The van der Waals surface area contributed by atoms with Gasteiger partial charge in [-0.3, -0.25) is 10.2 Å². The standard InChI is InChI=1S/C17H23N3O5S/c1-11(2)9-10-24-15-7-5-14(6-8-15)17(21)18-20-26(22,23)16-12(3)19-25-13(16)4/h5-8,11,20H,9-10H2,1-4H3,(H,18,21). The average molecular weight is 381 g/mol. The van der Waals surface area contributed by atoms with Crippen LogP contribution in [0.25, 0.3) is 0 Å². The van der Waals surface area contributed by atoms with E-state index in [9.17, 15) is 13.2 Å². The molecule has 0 spiro atoms. The van der Waals surface area contributed by atoms with Gasteiger partial charge in [0, 0.05) is 5.56 Å². The summed E-state index contributed by atoms with van der Waals surface area (Å²) in [6.07, 6.45) is 0.936. The highest BCUT2D eigenvalue weighted by atomic mass is 32.2. The summed E-state index contributed by atoms with van der Waals surface area (Å²) in [7, 11) is -3.97. The molecule has 1 amide bonds. The molecule has 2 rings (SSSR count). The quantitative estimate of drug-likeness (QED) is 0.679. The van der Waals surface area contributed by atoms with Gasteiger partial charge in [-0.2, -0.15) is 0 Å². The highest BCUT2D eigenvalue weighted by molar-refractivity contribution is 7.89. The predicted molar refractivity (Wildman–Crippen MR) is 95.2 cm³/mol. The molecule has 1 aromatic carbocycles. The molecule has 0 aliphatic carbocycles. The number of hydrogen-bond acceptors (Lipinski definition) is 6. The first-order chi connectivity index (χ1) is 12.2. The van der Waals surface area contributed by atoms with Crippen LogP contribution in [-0.2, 0) is 10.0 Å². The average Bonchev–Trinajstić information content (AvgIpc) is 2.92. The van der Waals surface area contributed by atoms with E-state index in [4.69, 9.17) is 9.26 Å². The van der Waals surface area contributed by atoms with E-state index in [0.717, 1.165) is 6.42 Å². The van der Waals surface area contributed by atoms with E-state index in [1.807, 2.05) is 4.83 Å². The second-order valence-corrected chi connectivity index (χ2v) is 7.89. The molecule has 0 bridgehead atoms. The van der Waals surface area contributed by atoms with Crippen LogP contribution in [0.15, 0.2) is 33.7 Å². The maximum absolute atomic E-state index is 12.3. The van der Waals surface area contributed by atoms with Gasteiger partial charge in [0.15, 0.2) is 5.76 Å². The molecule has 26 heavy (non-hydrogen) atoms. The van der Waals surface area contributed by atoms with E-state index in [2.05, 4.69) is 24.4 Å². The number of nitrogens with one attached hydrogen (secondary N) is 2. The monoisotopic (exact) mass is 381 g/mol. The maximum atomic E-state index is 12.3. The van der Waals surface area contributed by atoms with Gasteiger partial charge in [-0.25, -0.2) is 8.42 Å². The van der Waals surface area contributed by atoms with E-state index < -0.39 is 15.9 Å². The lowest BCUT2D eigenvalue weighted by Crippen LogP contribution is -2.41. The first-order valence-corrected chi connectivity index (χ1v) is 9.67. The van der Waals surface area contributed by atoms with Gasteiger partial charge in [0.05, 0.1) is 6.61 Å². The van der Waals surface area contributed by atoms with Gasteiger partial charge >= 0.3 is 0 Å². The molecule has 1 aromatic heterocycles. The van der Waals surface area contributed by atoms with E-state index >= 15 is 0 Å². The van der Waals surface area contributed by atoms with Crippen molar-refractivity contribution in [2.45, 2.75) is 39.0 Å². The van der Waals surface area contributed by atoms with E-state index in [1.54, 1.807) is 24.3 Å². The minimum absolute atomic E-state index is 0.0910. The molecule has 0 unspecified atom stereocenters. The fourth-order valence-corrected chi connectivity index (χ4v) is 3.38. The largest absolute Gasteiger partial charge is 0.494 e. The van der Waals surface area contributed by atoms with E-state index in [-0.39, 0.29) is 16.3 Å². The molecule has 2 aromatic rings. The number of rotatable bonds is 8. The lowest BCUT2D eigenvalue weighted by Gasteiger charge is -2.10. The van der Waals surface area contributed by atoms with Crippen LogP contribution in [0.5, 0.6) is 5.75 Å². The van der Waals surface area contributed by atoms with Crippen LogP contribution in [-0.4, -0.2) is 26.1 Å². The molecule has 0 aliphatic rings. The SMILES string of the molecule is Cc1noc(C)c1S(=O)(=O)NNC(=O)c1ccc(OCCC(C)C)cc1. The maximum Gasteiger partial charge on any atom is 0.266 e. The Kier molecular flexibility index (Phi) is 6.38. The lowest BCUT2D eigenvalue weighted by atomic mass is 10.1. The topological polar surface area (TPSA) is 111 Å². The van der Waals surface area contributed by atoms with Gasteiger partial charge in [-0.05, 0) is 50.5 Å². The van der Waals surface area contributed by atoms with Crippen LogP contribution < -0.4 is 15.0 Å². The number of hydrogen-bond donors (Lipinski definition) is 2. The molecule has 0 atom stereocenters. The smallest absolute Gasteiger partial charge is 0.266 e. The minimum Gasteiger partial charge on any atom is -0.494 e. The molecule has 0 fully saturated rings. The van der Waals surface area contributed by atoms with Crippen LogP contribution >= 0.6 is 0 Å². The van der Waals surface area contributed by atoms with Crippen molar-refractivity contribution in [3.63, 3.8) is 0 Å². The summed E-state index contributed by atoms with van der Waals surface area (Å²) in [4.78, 5) is 14.1. The third kappa shape index (κ3) is 5.06. The number of ether oxygens (including phenoxy) is 1. The highest BCUT2D eigenvalue weighted by Crippen LogP contribution is 2.18. The summed E-state index contributed by atoms with van der Waals surface area (Å²) in [6.45, 7) is 7.81. The molecule has 9 heteroatoms. The van der Waals surface area contributed by atoms with E-state index in [0.29, 0.717) is 23.8 Å². The van der Waals surface area contributed by atoms with Crippen LogP contribution in [0.1, 0.15) is 42.1 Å². The van der Waals surface area contributed by atoms with Gasteiger partial charge in [0.25, 0.3) is 15.9 Å². The van der Waals surface area contributed by atoms with Gasteiger partial charge < -0.3 is 9.26 Å². The molecule has 0 saturated carbocycles. The van der Waals surface area contributed by atoms with Crippen LogP contribution in [0.3, 0.4) is 0 Å². The normalized spacial score (nSPS) is 11.6. The number of sulfonamides is 1. The molecule has 0 aliphatic heterocycles. The van der Waals surface area contributed by atoms with Gasteiger partial charge in [0.1, 0.15) is 16.3 Å². The van der Waals surface area contributed by atoms with Crippen LogP contribution in [0, 0.1) is 19.8 Å². The summed E-state index contributed by atoms with van der Waals surface area (Å²) in [5.41, 5.74) is 2.68. The van der Waals surface area contributed by atoms with Gasteiger partial charge in [-0.1, -0.05) is 19.0 Å². The van der Waals surface area contributed by atoms with E-state index in [1.165, 1.54) is 13.8 Å². The third-order valence-corrected chi connectivity index (χ3v) is 5.11. The number of aromatic nitrogens is 1. The molecule has 142 valence electrons. The summed E-state index contributed by atoms with van der Waals surface area (Å²) in [6, 6.07) is 6.45. The van der Waals surface area contributed by atoms with Crippen molar-refractivity contribution in [3.8, 4) is 5.75 Å². The first-order valence-electron chi connectivity index (χ1n) is 8.18. The zero-order valence-corrected chi connectivity index (χ0v) is 16.0. The Morgan fingerprint density at radius 3 is 2.42 bits per heavy atom. The molecule has 8 nitrogen and oxygen atoms in total. The molecule has 0 saturated heterocycles. The number of carbonyl (C=O) groups excluding carboxylic acids is 1. The molecule has 2 N–H and O–H groups in total. The summed E-state index contributed by atoms with van der Waals surface area (Å²) in [5.74, 6) is 0.755. The lowest BCUT2D eigenvalue weighted by molar-refractivity contribution is 0.0945. The van der Waals surface area contributed by atoms with Crippen molar-refractivity contribution in [3.05, 3.63) is 41.3 Å². The van der Waals surface area contributed by atoms with Crippen molar-refractivity contribution >= 4 is 15.9 Å². The second kappa shape index (κ2) is 8.33. The van der Waals surface area contributed by atoms with Crippen molar-refractivity contribution < 1.29 is 22.5 Å². The summed E-state index contributed by atoms with van der Waals surface area (Å²) in [5, 5.41) is 3.59. The van der Waals surface area contributed by atoms with Crippen molar-refractivity contribution in [2.75, 3.05) is 6.61 Å². The third-order valence-electron chi connectivity index (χ3n) is 3.62. The van der Waals surface area contributed by atoms with Crippen molar-refractivity contribution in [2.24, 2.45) is 5.92 Å². The Morgan fingerprint density at radius 2 is 1.88 bits per heavy atom. The zero-order chi connectivity index (χ0) is 19.3. The Labute approximate surface area is 152 Å². The van der Waals surface area contributed by atoms with Crippen molar-refractivity contribution in [1.82, 2.24) is 15.4 Å². The second-order valence-electron chi connectivity index (χ2n) is 6.27. The number of amides is 1. The Morgan fingerprint density at radius 1 is 1.23 bits per heavy atom. The fraction of sp³-hybridized carbons (Fsp3) is 0.412. The number of benzene rings is 1. The summed E-state index contributed by atoms with van der Waals surface area (Å²) < 4.78 is 34.9. The van der Waals surface area contributed by atoms with Gasteiger partial charge in [0.2, 0.25) is 0 Å². The van der Waals surface area contributed by atoms with Crippen LogP contribution in [0.2, 0.25) is 0 Å². The number of aryl methyl sites for hydroxylation is 2. The van der Waals surface area contributed by atoms with Gasteiger partial charge in [-0.15, -0.1) is 4.83 Å². The summed E-state index contributed by atoms with van der Waals surface area (Å²) >= 11 is 0. The highest BCUT2D eigenvalue weighted by Gasteiger charge is 2.24. The molecule has 0 radical (unpaired) electrons. The Hall–Kier alpha value is -2.39. The number of carbonyl (C=O) groups is 1. The van der Waals surface area contributed by atoms with Crippen molar-refractivity contribution in [1.29, 1.82) is 0 Å². The predicted octanol–water partition coefficient (Wildman–Crippen LogP) is 2.34. The Balaban J connectivity index is 1.95. The zero-order valence-electron chi connectivity index (χ0n) is 15.2. The molecule has 1 heterocycles. The molecular weight excluding hydrogens is 358 g/mol. The molecular formula is C17H23N3O5S. The Bertz CT molecular complexity index is 838. The number of nitrogens with zero attached hydrogens (tertiary/aromatic N) is 1. The van der Waals surface area contributed by atoms with Crippen LogP contribution in [0.4, 0.5) is 0 Å². The first kappa shape index (κ1) is 19.9. The minimum atomic E-state index is -3.97. The fourth-order valence-electron chi connectivity index (χ4n) is 2.21.